The molecule has 2 heterocycles. The van der Waals surface area contributed by atoms with Crippen LogP contribution in [0.1, 0.15) is 56.6 Å². The van der Waals surface area contributed by atoms with E-state index in [1.807, 2.05) is 30.3 Å². The summed E-state index contributed by atoms with van der Waals surface area (Å²) < 4.78 is 4.70. The standard InChI is InChI=1S/C30H35N3O6/c1-21(10-7-9-19-34)30(38)24-20-23(33-27(35)17-15-25(31-33)22-11-4-3-5-12-22)14-16-26(24)32(29(30)37)18-8-6-13-28(36)39-2/h3-5,7,10-12,14,16,20-21,34,38H,6,8-9,13,15,17-19H2,1-2H3/b10-7+/t21-,30+/m0/s1. The molecule has 9 heteroatoms. The highest BCUT2D eigenvalue weighted by molar-refractivity contribution is 6.10. The van der Waals surface area contributed by atoms with E-state index >= 15 is 0 Å². The number of ether oxygens (including phenoxy) is 1. The van der Waals surface area contributed by atoms with Crippen molar-refractivity contribution >= 4 is 34.9 Å². The summed E-state index contributed by atoms with van der Waals surface area (Å²) in [5.74, 6) is -1.55. The maximum Gasteiger partial charge on any atom is 0.305 e. The fourth-order valence-electron chi connectivity index (χ4n) is 5.04. The minimum Gasteiger partial charge on any atom is -0.469 e. The van der Waals surface area contributed by atoms with Crippen LogP contribution in [-0.2, 0) is 24.7 Å². The lowest BCUT2D eigenvalue weighted by atomic mass is 9.82. The van der Waals surface area contributed by atoms with Gasteiger partial charge in [-0.1, -0.05) is 49.4 Å². The Morgan fingerprint density at radius 3 is 2.64 bits per heavy atom. The van der Waals surface area contributed by atoms with Gasteiger partial charge in [-0.25, -0.2) is 5.01 Å². The number of nitrogens with zero attached hydrogens (tertiary/aromatic N) is 3. The molecule has 2 amide bonds. The predicted octanol–water partition coefficient (Wildman–Crippen LogP) is 3.67. The third-order valence-corrected chi connectivity index (χ3v) is 7.26. The van der Waals surface area contributed by atoms with E-state index in [1.165, 1.54) is 12.1 Å². The molecule has 0 radical (unpaired) electrons. The zero-order valence-corrected chi connectivity index (χ0v) is 22.4. The number of rotatable bonds is 11. The van der Waals surface area contributed by atoms with E-state index < -0.39 is 17.4 Å². The van der Waals surface area contributed by atoms with Crippen LogP contribution >= 0.6 is 0 Å². The first kappa shape index (κ1) is 28.2. The van der Waals surface area contributed by atoms with E-state index in [2.05, 4.69) is 5.10 Å². The molecule has 0 aliphatic carbocycles. The number of hydrazone groups is 1. The molecule has 0 spiro atoms. The van der Waals surface area contributed by atoms with Crippen LogP contribution in [-0.4, -0.2) is 54.0 Å². The molecule has 2 aromatic rings. The molecule has 2 aromatic carbocycles. The summed E-state index contributed by atoms with van der Waals surface area (Å²) in [5, 5.41) is 27.1. The van der Waals surface area contributed by atoms with Gasteiger partial charge in [0.15, 0.2) is 5.60 Å². The first-order chi connectivity index (χ1) is 18.8. The normalized spacial score (nSPS) is 19.8. The monoisotopic (exact) mass is 533 g/mol. The third-order valence-electron chi connectivity index (χ3n) is 7.26. The first-order valence-electron chi connectivity index (χ1n) is 13.3. The van der Waals surface area contributed by atoms with Crippen molar-refractivity contribution in [2.24, 2.45) is 11.0 Å². The molecule has 0 saturated heterocycles. The van der Waals surface area contributed by atoms with E-state index in [9.17, 15) is 24.6 Å². The molecule has 0 unspecified atom stereocenters. The van der Waals surface area contributed by atoms with Crippen molar-refractivity contribution in [3.63, 3.8) is 0 Å². The number of benzene rings is 2. The predicted molar refractivity (Wildman–Crippen MR) is 148 cm³/mol. The van der Waals surface area contributed by atoms with Gasteiger partial charge < -0.3 is 19.8 Å². The van der Waals surface area contributed by atoms with Crippen LogP contribution in [0.5, 0.6) is 0 Å². The number of hydrogen-bond acceptors (Lipinski definition) is 7. The van der Waals surface area contributed by atoms with Crippen LogP contribution in [0.3, 0.4) is 0 Å². The Morgan fingerprint density at radius 1 is 1.15 bits per heavy atom. The summed E-state index contributed by atoms with van der Waals surface area (Å²) in [6, 6.07) is 14.8. The Balaban J connectivity index is 1.70. The SMILES string of the molecule is COC(=O)CCCCN1C(=O)[C@@](O)([C@@H](C)/C=C/CCO)c2cc(N3N=C(c4ccccc4)CCC3=O)ccc21. The minimum absolute atomic E-state index is 0.0402. The molecule has 2 N–H and O–H groups in total. The summed E-state index contributed by atoms with van der Waals surface area (Å²) in [7, 11) is 1.34. The van der Waals surface area contributed by atoms with E-state index in [-0.39, 0.29) is 24.9 Å². The highest BCUT2D eigenvalue weighted by Gasteiger charge is 2.52. The lowest BCUT2D eigenvalue weighted by Crippen LogP contribution is -2.44. The number of esters is 1. The maximum atomic E-state index is 13.7. The van der Waals surface area contributed by atoms with Crippen molar-refractivity contribution in [3.8, 4) is 0 Å². The number of anilines is 2. The molecule has 0 aromatic heterocycles. The fraction of sp³-hybridized carbons (Fsp3) is 0.400. The number of fused-ring (bicyclic) bond motifs is 1. The van der Waals surface area contributed by atoms with Crippen molar-refractivity contribution in [1.82, 2.24) is 0 Å². The Labute approximate surface area is 228 Å². The van der Waals surface area contributed by atoms with E-state index in [4.69, 9.17) is 4.74 Å². The van der Waals surface area contributed by atoms with Crippen LogP contribution in [0, 0.1) is 5.92 Å². The quantitative estimate of drug-likeness (QED) is 0.258. The number of carbonyl (C=O) groups excluding carboxylic acids is 3. The van der Waals surface area contributed by atoms with Gasteiger partial charge in [0, 0.05) is 43.9 Å². The van der Waals surface area contributed by atoms with Gasteiger partial charge >= 0.3 is 5.97 Å². The van der Waals surface area contributed by atoms with Crippen LogP contribution in [0.25, 0.3) is 0 Å². The molecule has 39 heavy (non-hydrogen) atoms. The van der Waals surface area contributed by atoms with Gasteiger partial charge in [-0.05, 0) is 43.0 Å². The number of unbranched alkanes of at least 4 members (excludes halogenated alkanes) is 1. The number of aliphatic hydroxyl groups excluding tert-OH is 1. The Hall–Kier alpha value is -3.82. The number of carbonyl (C=O) groups is 3. The van der Waals surface area contributed by atoms with E-state index in [0.717, 1.165) is 11.3 Å². The molecular formula is C30H35N3O6. The number of aliphatic hydroxyl groups is 2. The summed E-state index contributed by atoms with van der Waals surface area (Å²) in [6.07, 6.45) is 6.01. The molecule has 2 aliphatic heterocycles. The minimum atomic E-state index is -1.87. The van der Waals surface area contributed by atoms with E-state index in [1.54, 1.807) is 42.2 Å². The molecular weight excluding hydrogens is 498 g/mol. The summed E-state index contributed by atoms with van der Waals surface area (Å²) in [4.78, 5) is 39.7. The van der Waals surface area contributed by atoms with Crippen molar-refractivity contribution in [1.29, 1.82) is 0 Å². The van der Waals surface area contributed by atoms with Gasteiger partial charge in [-0.3, -0.25) is 14.4 Å². The maximum absolute atomic E-state index is 13.7. The second-order valence-corrected chi connectivity index (χ2v) is 9.81. The van der Waals surface area contributed by atoms with Crippen LogP contribution in [0.2, 0.25) is 0 Å². The molecule has 2 aliphatic rings. The van der Waals surface area contributed by atoms with Gasteiger partial charge in [0.1, 0.15) is 0 Å². The Bertz CT molecular complexity index is 1270. The first-order valence-corrected chi connectivity index (χ1v) is 13.3. The van der Waals surface area contributed by atoms with Gasteiger partial charge in [-0.15, -0.1) is 0 Å². The number of hydrogen-bond donors (Lipinski definition) is 2. The van der Waals surface area contributed by atoms with Gasteiger partial charge in [-0.2, -0.15) is 5.10 Å². The van der Waals surface area contributed by atoms with Crippen molar-refractivity contribution < 1.29 is 29.3 Å². The molecule has 206 valence electrons. The highest BCUT2D eigenvalue weighted by Crippen LogP contribution is 2.47. The van der Waals surface area contributed by atoms with Gasteiger partial charge in [0.25, 0.3) is 5.91 Å². The zero-order valence-electron chi connectivity index (χ0n) is 22.4. The second kappa shape index (κ2) is 12.4. The topological polar surface area (TPSA) is 120 Å². The lowest BCUT2D eigenvalue weighted by molar-refractivity contribution is -0.140. The summed E-state index contributed by atoms with van der Waals surface area (Å²) >= 11 is 0. The second-order valence-electron chi connectivity index (χ2n) is 9.81. The van der Waals surface area contributed by atoms with Crippen LogP contribution < -0.4 is 9.91 Å². The largest absolute Gasteiger partial charge is 0.469 e. The van der Waals surface area contributed by atoms with E-state index in [0.29, 0.717) is 55.6 Å². The van der Waals surface area contributed by atoms with Crippen molar-refractivity contribution in [2.45, 2.75) is 51.0 Å². The number of amides is 2. The molecule has 0 bridgehead atoms. The van der Waals surface area contributed by atoms with Crippen molar-refractivity contribution in [3.05, 3.63) is 71.8 Å². The highest BCUT2D eigenvalue weighted by atomic mass is 16.5. The van der Waals surface area contributed by atoms with Crippen LogP contribution in [0.15, 0.2) is 65.8 Å². The molecule has 2 atom stereocenters. The summed E-state index contributed by atoms with van der Waals surface area (Å²) in [6.45, 7) is 2.03. The third kappa shape index (κ3) is 5.79. The molecule has 0 saturated carbocycles. The number of methoxy groups -OCH3 is 1. The lowest BCUT2D eigenvalue weighted by Gasteiger charge is -2.28. The van der Waals surface area contributed by atoms with Crippen LogP contribution in [0.4, 0.5) is 11.4 Å². The molecule has 4 rings (SSSR count). The van der Waals surface area contributed by atoms with Gasteiger partial charge in [0.05, 0.1) is 24.2 Å². The molecule has 9 nitrogen and oxygen atoms in total. The smallest absolute Gasteiger partial charge is 0.305 e. The average Bonchev–Trinajstić information content (AvgIpc) is 3.18. The fourth-order valence-corrected chi connectivity index (χ4v) is 5.04. The zero-order chi connectivity index (χ0) is 28.0. The van der Waals surface area contributed by atoms with Crippen molar-refractivity contribution in [2.75, 3.05) is 30.2 Å². The average molecular weight is 534 g/mol. The summed E-state index contributed by atoms with van der Waals surface area (Å²) in [5.41, 5.74) is 1.28. The molecule has 0 fully saturated rings. The van der Waals surface area contributed by atoms with Gasteiger partial charge in [0.2, 0.25) is 5.91 Å². The Morgan fingerprint density at radius 2 is 1.92 bits per heavy atom. The Kier molecular flexibility index (Phi) is 8.93.